The maximum absolute atomic E-state index is 12.1. The highest BCUT2D eigenvalue weighted by molar-refractivity contribution is 6.84. The molecule has 0 amide bonds. The third-order valence-electron chi connectivity index (χ3n) is 6.13. The maximum Gasteiger partial charge on any atom is 0.311 e. The number of hydrogen-bond acceptors (Lipinski definition) is 2. The Labute approximate surface area is 176 Å². The van der Waals surface area contributed by atoms with Gasteiger partial charge in [0.2, 0.25) is 0 Å². The van der Waals surface area contributed by atoms with Crippen molar-refractivity contribution in [3.63, 3.8) is 0 Å². The molecule has 0 spiro atoms. The zero-order valence-electron chi connectivity index (χ0n) is 19.7. The highest BCUT2D eigenvalue weighted by Crippen LogP contribution is 2.39. The number of unbranched alkanes of at least 4 members (excludes halogenated alkanes) is 3. The second-order valence-corrected chi connectivity index (χ2v) is 14.6. The summed E-state index contributed by atoms with van der Waals surface area (Å²) in [6.07, 6.45) is 10.0. The van der Waals surface area contributed by atoms with E-state index in [1.807, 2.05) is 20.8 Å². The van der Waals surface area contributed by atoms with Crippen molar-refractivity contribution in [3.8, 4) is 0 Å². The fourth-order valence-electron chi connectivity index (χ4n) is 4.24. The second kappa shape index (κ2) is 12.0. The van der Waals surface area contributed by atoms with E-state index in [1.165, 1.54) is 67.8 Å². The van der Waals surface area contributed by atoms with Crippen LogP contribution < -0.4 is 0 Å². The molecule has 3 heteroatoms. The van der Waals surface area contributed by atoms with Gasteiger partial charge in [0.1, 0.15) is 0 Å². The highest BCUT2D eigenvalue weighted by atomic mass is 28.3. The minimum Gasteiger partial charge on any atom is -0.465 e. The Hall–Kier alpha value is -0.833. The van der Waals surface area contributed by atoms with E-state index in [0.717, 1.165) is 12.8 Å². The fourth-order valence-corrected chi connectivity index (χ4v) is 9.66. The zero-order chi connectivity index (χ0) is 21.2. The summed E-state index contributed by atoms with van der Waals surface area (Å²) >= 11 is 0. The van der Waals surface area contributed by atoms with E-state index in [2.05, 4.69) is 33.0 Å². The van der Waals surface area contributed by atoms with Gasteiger partial charge in [-0.2, -0.15) is 0 Å². The highest BCUT2D eigenvalue weighted by Gasteiger charge is 2.33. The van der Waals surface area contributed by atoms with Crippen LogP contribution in [0.1, 0.15) is 92.9 Å². The molecule has 0 aromatic rings. The van der Waals surface area contributed by atoms with Crippen molar-refractivity contribution in [2.75, 3.05) is 6.61 Å². The molecule has 1 saturated carbocycles. The van der Waals surface area contributed by atoms with E-state index >= 15 is 0 Å². The van der Waals surface area contributed by atoms with Gasteiger partial charge in [0, 0.05) is 5.92 Å². The first-order chi connectivity index (χ1) is 13.2. The Kier molecular flexibility index (Phi) is 10.8. The molecule has 28 heavy (non-hydrogen) atoms. The predicted molar refractivity (Wildman–Crippen MR) is 125 cm³/mol. The Morgan fingerprint density at radius 2 is 1.54 bits per heavy atom. The summed E-state index contributed by atoms with van der Waals surface area (Å²) in [4.78, 5) is 12.1. The van der Waals surface area contributed by atoms with Crippen LogP contribution >= 0.6 is 0 Å². The van der Waals surface area contributed by atoms with E-state index in [9.17, 15) is 4.79 Å². The molecule has 0 aromatic carbocycles. The molecule has 0 aliphatic heterocycles. The molecule has 0 bridgehead atoms. The van der Waals surface area contributed by atoms with Crippen molar-refractivity contribution in [2.45, 2.75) is 111 Å². The molecule has 0 N–H and O–H groups in total. The molecule has 1 unspecified atom stereocenters. The standard InChI is InChI=1S/C25H46O2Si/c1-8-11-14-28(15-12-9-2,16-13-10-3)20-23-18-22(17-21(23)4)19-27-24(26)25(5,6)7/h20,22H,4,8-19H2,1-3,5-7H3/b23-20-. The van der Waals surface area contributed by atoms with Crippen LogP contribution in [0, 0.1) is 11.3 Å². The maximum atomic E-state index is 12.1. The lowest BCUT2D eigenvalue weighted by atomic mass is 9.97. The van der Waals surface area contributed by atoms with Gasteiger partial charge >= 0.3 is 5.97 Å². The molecule has 0 saturated heterocycles. The van der Waals surface area contributed by atoms with Gasteiger partial charge < -0.3 is 4.74 Å². The summed E-state index contributed by atoms with van der Waals surface area (Å²) in [7, 11) is -1.40. The number of allylic oxidation sites excluding steroid dienone is 2. The number of rotatable bonds is 12. The number of hydrogen-bond donors (Lipinski definition) is 0. The van der Waals surface area contributed by atoms with Crippen molar-refractivity contribution < 1.29 is 9.53 Å². The quantitative estimate of drug-likeness (QED) is 0.243. The molecular formula is C25H46O2Si. The molecule has 1 fully saturated rings. The molecule has 1 atom stereocenters. The number of carbonyl (C=O) groups is 1. The van der Waals surface area contributed by atoms with Gasteiger partial charge in [0.25, 0.3) is 0 Å². The van der Waals surface area contributed by atoms with E-state index in [-0.39, 0.29) is 5.97 Å². The van der Waals surface area contributed by atoms with Crippen LogP contribution in [0.15, 0.2) is 23.4 Å². The van der Waals surface area contributed by atoms with Crippen LogP contribution in [0.2, 0.25) is 18.1 Å². The van der Waals surface area contributed by atoms with Gasteiger partial charge in [-0.1, -0.05) is 101 Å². The van der Waals surface area contributed by atoms with Crippen molar-refractivity contribution in [1.82, 2.24) is 0 Å². The third kappa shape index (κ3) is 8.27. The van der Waals surface area contributed by atoms with Gasteiger partial charge in [0.05, 0.1) is 20.1 Å². The van der Waals surface area contributed by atoms with Crippen LogP contribution in [0.4, 0.5) is 0 Å². The molecular weight excluding hydrogens is 360 g/mol. The lowest BCUT2D eigenvalue weighted by molar-refractivity contribution is -0.154. The largest absolute Gasteiger partial charge is 0.465 e. The van der Waals surface area contributed by atoms with E-state index in [4.69, 9.17) is 4.74 Å². The SMILES string of the molecule is C=C1CC(COC(=O)C(C)(C)C)C/C1=C/[Si](CCCC)(CCCC)CCCC. The lowest BCUT2D eigenvalue weighted by Gasteiger charge is -2.30. The van der Waals surface area contributed by atoms with Crippen LogP contribution in [-0.2, 0) is 9.53 Å². The minimum absolute atomic E-state index is 0.0897. The first-order valence-electron chi connectivity index (χ1n) is 11.7. The molecule has 1 rings (SSSR count). The molecule has 0 aromatic heterocycles. The van der Waals surface area contributed by atoms with Gasteiger partial charge in [-0.25, -0.2) is 0 Å². The van der Waals surface area contributed by atoms with Gasteiger partial charge in [-0.05, 0) is 33.6 Å². The average Bonchev–Trinajstić information content (AvgIpc) is 2.99. The number of ether oxygens (including phenoxy) is 1. The third-order valence-corrected chi connectivity index (χ3v) is 11.1. The molecule has 0 radical (unpaired) electrons. The molecule has 0 heterocycles. The Morgan fingerprint density at radius 3 is 1.96 bits per heavy atom. The van der Waals surface area contributed by atoms with Crippen molar-refractivity contribution >= 4 is 14.0 Å². The van der Waals surface area contributed by atoms with Gasteiger partial charge in [-0.3, -0.25) is 4.79 Å². The summed E-state index contributed by atoms with van der Waals surface area (Å²) in [5, 5.41) is 0. The van der Waals surface area contributed by atoms with Crippen LogP contribution in [0.25, 0.3) is 0 Å². The monoisotopic (exact) mass is 406 g/mol. The predicted octanol–water partition coefficient (Wildman–Crippen LogP) is 7.86. The fraction of sp³-hybridized carbons (Fsp3) is 0.800. The van der Waals surface area contributed by atoms with Crippen molar-refractivity contribution in [3.05, 3.63) is 23.4 Å². The Morgan fingerprint density at radius 1 is 1.04 bits per heavy atom. The first-order valence-corrected chi connectivity index (χ1v) is 14.4. The van der Waals surface area contributed by atoms with Crippen LogP contribution in [-0.4, -0.2) is 20.7 Å². The molecule has 162 valence electrons. The molecule has 1 aliphatic rings. The number of esters is 1. The minimum atomic E-state index is -1.40. The second-order valence-electron chi connectivity index (χ2n) is 10.1. The van der Waals surface area contributed by atoms with E-state index in [1.54, 1.807) is 0 Å². The van der Waals surface area contributed by atoms with E-state index in [0.29, 0.717) is 12.5 Å². The Bertz CT molecular complexity index is 505. The summed E-state index contributed by atoms with van der Waals surface area (Å²) in [5.74, 6) is 0.327. The van der Waals surface area contributed by atoms with Crippen LogP contribution in [0.5, 0.6) is 0 Å². The zero-order valence-corrected chi connectivity index (χ0v) is 20.7. The van der Waals surface area contributed by atoms with Gasteiger partial charge in [0.15, 0.2) is 0 Å². The first kappa shape index (κ1) is 25.2. The van der Waals surface area contributed by atoms with Gasteiger partial charge in [-0.15, -0.1) is 0 Å². The molecule has 2 nitrogen and oxygen atoms in total. The summed E-state index contributed by atoms with van der Waals surface area (Å²) in [6.45, 7) is 17.7. The average molecular weight is 407 g/mol. The summed E-state index contributed by atoms with van der Waals surface area (Å²) in [6, 6.07) is 4.30. The number of carbonyl (C=O) groups excluding carboxylic acids is 1. The van der Waals surface area contributed by atoms with Crippen LogP contribution in [0.3, 0.4) is 0 Å². The Balaban J connectivity index is 2.90. The summed E-state index contributed by atoms with van der Waals surface area (Å²) in [5.41, 5.74) is 5.14. The van der Waals surface area contributed by atoms with Crippen molar-refractivity contribution in [2.24, 2.45) is 11.3 Å². The molecule has 1 aliphatic carbocycles. The normalized spacial score (nSPS) is 19.4. The smallest absolute Gasteiger partial charge is 0.311 e. The van der Waals surface area contributed by atoms with E-state index < -0.39 is 13.5 Å². The van der Waals surface area contributed by atoms with Crippen molar-refractivity contribution in [1.29, 1.82) is 0 Å². The lowest BCUT2D eigenvalue weighted by Crippen LogP contribution is -2.32. The summed E-state index contributed by atoms with van der Waals surface area (Å²) < 4.78 is 5.62. The topological polar surface area (TPSA) is 26.3 Å².